The molecule has 1 heterocycles. The van der Waals surface area contributed by atoms with Crippen molar-refractivity contribution in [2.45, 2.75) is 51.6 Å². The zero-order valence-corrected chi connectivity index (χ0v) is 12.2. The number of piperazine rings is 1. The third-order valence-corrected chi connectivity index (χ3v) is 3.35. The number of nitrogens with zero attached hydrogens (tertiary/aromatic N) is 1. The van der Waals surface area contributed by atoms with Crippen LogP contribution in [0.5, 0.6) is 0 Å². The fourth-order valence-electron chi connectivity index (χ4n) is 2.18. The first-order valence-electron chi connectivity index (χ1n) is 7.04. The lowest BCUT2D eigenvalue weighted by atomic mass is 10.1. The zero-order valence-electron chi connectivity index (χ0n) is 12.2. The fourth-order valence-corrected chi connectivity index (χ4v) is 2.18. The van der Waals surface area contributed by atoms with E-state index in [9.17, 15) is 19.2 Å². The Morgan fingerprint density at radius 1 is 1.43 bits per heavy atom. The lowest BCUT2D eigenvalue weighted by Gasteiger charge is -2.34. The number of amides is 4. The van der Waals surface area contributed by atoms with E-state index in [1.807, 2.05) is 6.92 Å². The Hall–Kier alpha value is -2.12. The normalized spacial score (nSPS) is 19.9. The zero-order chi connectivity index (χ0) is 16.0. The van der Waals surface area contributed by atoms with Gasteiger partial charge in [0.25, 0.3) is 0 Å². The molecule has 4 amide bonds. The summed E-state index contributed by atoms with van der Waals surface area (Å²) < 4.78 is 0. The van der Waals surface area contributed by atoms with Gasteiger partial charge < -0.3 is 15.3 Å². The van der Waals surface area contributed by atoms with Crippen LogP contribution in [0.1, 0.15) is 39.5 Å². The number of unbranched alkanes of at least 4 members (excludes halogenated alkanes) is 1. The van der Waals surface area contributed by atoms with E-state index >= 15 is 0 Å². The Morgan fingerprint density at radius 3 is 2.62 bits per heavy atom. The summed E-state index contributed by atoms with van der Waals surface area (Å²) in [6.45, 7) is 3.38. The second-order valence-corrected chi connectivity index (χ2v) is 4.95. The minimum Gasteiger partial charge on any atom is -0.480 e. The molecule has 2 unspecified atom stereocenters. The van der Waals surface area contributed by atoms with Crippen molar-refractivity contribution in [1.82, 2.24) is 15.5 Å². The van der Waals surface area contributed by atoms with Crippen molar-refractivity contribution in [3.8, 4) is 0 Å². The highest BCUT2D eigenvalue weighted by molar-refractivity contribution is 6.04. The first kappa shape index (κ1) is 16.9. The number of aliphatic carboxylic acids is 1. The molecule has 0 spiro atoms. The van der Waals surface area contributed by atoms with Crippen molar-refractivity contribution >= 4 is 23.8 Å². The molecule has 21 heavy (non-hydrogen) atoms. The summed E-state index contributed by atoms with van der Waals surface area (Å²) in [5, 5.41) is 13.6. The number of rotatable bonds is 6. The van der Waals surface area contributed by atoms with Gasteiger partial charge in [0.15, 0.2) is 0 Å². The van der Waals surface area contributed by atoms with E-state index in [1.54, 1.807) is 6.92 Å². The Kier molecular flexibility index (Phi) is 6.13. The largest absolute Gasteiger partial charge is 0.480 e. The number of urea groups is 1. The standard InChI is InChI=1S/C13H21N3O5/c1-3-5-6-8(12(19)20)14-13(21)16-7-10(17)15-11(18)9(16)4-2/h8-9H,3-7H2,1-2H3,(H,14,21)(H,19,20)(H,15,17,18). The number of nitrogens with one attached hydrogen (secondary N) is 2. The molecule has 1 aliphatic rings. The third-order valence-electron chi connectivity index (χ3n) is 3.35. The predicted molar refractivity (Wildman–Crippen MR) is 73.4 cm³/mol. The van der Waals surface area contributed by atoms with Crippen LogP contribution in [0.15, 0.2) is 0 Å². The van der Waals surface area contributed by atoms with E-state index in [0.29, 0.717) is 19.3 Å². The Labute approximate surface area is 122 Å². The first-order chi connectivity index (χ1) is 9.90. The van der Waals surface area contributed by atoms with Crippen LogP contribution in [0, 0.1) is 0 Å². The van der Waals surface area contributed by atoms with Gasteiger partial charge in [0.05, 0.1) is 0 Å². The average Bonchev–Trinajstić information content (AvgIpc) is 2.42. The number of carbonyl (C=O) groups is 4. The highest BCUT2D eigenvalue weighted by atomic mass is 16.4. The summed E-state index contributed by atoms with van der Waals surface area (Å²) in [6.07, 6.45) is 2.12. The molecular weight excluding hydrogens is 278 g/mol. The maximum Gasteiger partial charge on any atom is 0.326 e. The van der Waals surface area contributed by atoms with Crippen LogP contribution in [0.3, 0.4) is 0 Å². The lowest BCUT2D eigenvalue weighted by molar-refractivity contribution is -0.139. The monoisotopic (exact) mass is 299 g/mol. The second-order valence-electron chi connectivity index (χ2n) is 4.95. The smallest absolute Gasteiger partial charge is 0.326 e. The molecule has 118 valence electrons. The number of carboxylic acids is 1. The van der Waals surface area contributed by atoms with Crippen LogP contribution >= 0.6 is 0 Å². The van der Waals surface area contributed by atoms with E-state index in [1.165, 1.54) is 0 Å². The quantitative estimate of drug-likeness (QED) is 0.600. The molecule has 1 aliphatic heterocycles. The van der Waals surface area contributed by atoms with E-state index in [4.69, 9.17) is 5.11 Å². The van der Waals surface area contributed by atoms with Gasteiger partial charge >= 0.3 is 12.0 Å². The minimum atomic E-state index is -1.13. The van der Waals surface area contributed by atoms with Crippen LogP contribution in [-0.4, -0.2) is 52.4 Å². The summed E-state index contributed by atoms with van der Waals surface area (Å²) in [5.41, 5.74) is 0. The van der Waals surface area contributed by atoms with Crippen molar-refractivity contribution in [3.05, 3.63) is 0 Å². The van der Waals surface area contributed by atoms with Gasteiger partial charge in [-0.1, -0.05) is 26.7 Å². The van der Waals surface area contributed by atoms with Gasteiger partial charge in [-0.3, -0.25) is 14.9 Å². The van der Waals surface area contributed by atoms with Crippen molar-refractivity contribution in [2.75, 3.05) is 6.54 Å². The molecule has 0 aromatic rings. The van der Waals surface area contributed by atoms with E-state index in [2.05, 4.69) is 10.6 Å². The maximum atomic E-state index is 12.2. The molecule has 2 atom stereocenters. The molecule has 0 radical (unpaired) electrons. The summed E-state index contributed by atoms with van der Waals surface area (Å²) >= 11 is 0. The summed E-state index contributed by atoms with van der Waals surface area (Å²) in [4.78, 5) is 47.4. The van der Waals surface area contributed by atoms with Crippen LogP contribution in [-0.2, 0) is 14.4 Å². The topological polar surface area (TPSA) is 116 Å². The SMILES string of the molecule is CCCCC(NC(=O)N1CC(=O)NC(=O)C1CC)C(=O)O. The van der Waals surface area contributed by atoms with Gasteiger partial charge in [-0.15, -0.1) is 0 Å². The number of carbonyl (C=O) groups excluding carboxylic acids is 3. The van der Waals surface area contributed by atoms with Gasteiger partial charge in [-0.05, 0) is 12.8 Å². The van der Waals surface area contributed by atoms with Crippen molar-refractivity contribution in [3.63, 3.8) is 0 Å². The maximum absolute atomic E-state index is 12.2. The lowest BCUT2D eigenvalue weighted by Crippen LogP contribution is -2.62. The summed E-state index contributed by atoms with van der Waals surface area (Å²) in [5.74, 6) is -2.23. The van der Waals surface area contributed by atoms with Gasteiger partial charge in [0, 0.05) is 0 Å². The molecule has 0 aliphatic carbocycles. The van der Waals surface area contributed by atoms with Crippen molar-refractivity contribution < 1.29 is 24.3 Å². The molecule has 0 aromatic heterocycles. The molecule has 8 nitrogen and oxygen atoms in total. The predicted octanol–water partition coefficient (Wildman–Crippen LogP) is 0.0764. The Morgan fingerprint density at radius 2 is 2.10 bits per heavy atom. The van der Waals surface area contributed by atoms with Gasteiger partial charge in [-0.25, -0.2) is 9.59 Å². The van der Waals surface area contributed by atoms with E-state index in [0.717, 1.165) is 11.3 Å². The average molecular weight is 299 g/mol. The van der Waals surface area contributed by atoms with Gasteiger partial charge in [-0.2, -0.15) is 0 Å². The Bertz CT molecular complexity index is 438. The molecule has 1 rings (SSSR count). The Balaban J connectivity index is 2.76. The second kappa shape index (κ2) is 7.61. The molecule has 3 N–H and O–H groups in total. The first-order valence-corrected chi connectivity index (χ1v) is 7.04. The fraction of sp³-hybridized carbons (Fsp3) is 0.692. The van der Waals surface area contributed by atoms with Crippen molar-refractivity contribution in [2.24, 2.45) is 0 Å². The number of hydrogen-bond acceptors (Lipinski definition) is 4. The number of carboxylic acid groups (broad SMARTS) is 1. The molecule has 0 bridgehead atoms. The molecular formula is C13H21N3O5. The molecule has 1 saturated heterocycles. The van der Waals surface area contributed by atoms with E-state index < -0.39 is 35.9 Å². The van der Waals surface area contributed by atoms with Crippen LogP contribution in [0.2, 0.25) is 0 Å². The minimum absolute atomic E-state index is 0.254. The third kappa shape index (κ3) is 4.44. The molecule has 0 aromatic carbocycles. The van der Waals surface area contributed by atoms with Gasteiger partial charge in [0.2, 0.25) is 11.8 Å². The van der Waals surface area contributed by atoms with Gasteiger partial charge in [0.1, 0.15) is 18.6 Å². The molecule has 0 saturated carbocycles. The van der Waals surface area contributed by atoms with Crippen LogP contribution < -0.4 is 10.6 Å². The van der Waals surface area contributed by atoms with Crippen molar-refractivity contribution in [1.29, 1.82) is 0 Å². The highest BCUT2D eigenvalue weighted by Crippen LogP contribution is 2.10. The summed E-state index contributed by atoms with van der Waals surface area (Å²) in [6, 6.07) is -2.48. The molecule has 1 fully saturated rings. The van der Waals surface area contributed by atoms with Crippen LogP contribution in [0.25, 0.3) is 0 Å². The van der Waals surface area contributed by atoms with Crippen LogP contribution in [0.4, 0.5) is 4.79 Å². The number of imide groups is 1. The highest BCUT2D eigenvalue weighted by Gasteiger charge is 2.36. The molecule has 8 heteroatoms. The number of hydrogen-bond donors (Lipinski definition) is 3. The van der Waals surface area contributed by atoms with E-state index in [-0.39, 0.29) is 6.54 Å². The summed E-state index contributed by atoms with van der Waals surface area (Å²) in [7, 11) is 0.